The molecule has 0 radical (unpaired) electrons. The molecule has 1 atom stereocenters. The predicted molar refractivity (Wildman–Crippen MR) is 78.4 cm³/mol. The Morgan fingerprint density at radius 2 is 2.21 bits per heavy atom. The van der Waals surface area contributed by atoms with Crippen molar-refractivity contribution in [3.8, 4) is 0 Å². The van der Waals surface area contributed by atoms with E-state index in [9.17, 15) is 4.79 Å². The molecule has 1 amide bonds. The molecule has 0 spiro atoms. The largest absolute Gasteiger partial charge is 0.399 e. The van der Waals surface area contributed by atoms with Crippen LogP contribution in [0.4, 0.5) is 5.69 Å². The van der Waals surface area contributed by atoms with Crippen molar-refractivity contribution in [3.63, 3.8) is 0 Å². The van der Waals surface area contributed by atoms with Gasteiger partial charge in [0.15, 0.2) is 0 Å². The van der Waals surface area contributed by atoms with Gasteiger partial charge in [-0.25, -0.2) is 0 Å². The van der Waals surface area contributed by atoms with E-state index in [1.54, 1.807) is 0 Å². The molecular formula is C15H16N2OS. The fourth-order valence-electron chi connectivity index (χ4n) is 2.57. The van der Waals surface area contributed by atoms with Gasteiger partial charge in [0.05, 0.1) is 10.9 Å². The summed E-state index contributed by atoms with van der Waals surface area (Å²) in [5, 5.41) is 3.11. The average Bonchev–Trinajstić information content (AvgIpc) is 2.96. The Morgan fingerprint density at radius 3 is 2.95 bits per heavy atom. The van der Waals surface area contributed by atoms with E-state index in [2.05, 4.69) is 5.32 Å². The molecule has 1 aliphatic carbocycles. The van der Waals surface area contributed by atoms with Gasteiger partial charge < -0.3 is 11.1 Å². The molecule has 1 aromatic carbocycles. The van der Waals surface area contributed by atoms with Gasteiger partial charge in [-0.3, -0.25) is 4.79 Å². The van der Waals surface area contributed by atoms with Crippen molar-refractivity contribution in [2.45, 2.75) is 25.8 Å². The van der Waals surface area contributed by atoms with Gasteiger partial charge in [-0.2, -0.15) is 0 Å². The summed E-state index contributed by atoms with van der Waals surface area (Å²) < 4.78 is 0. The number of hydrogen-bond donors (Lipinski definition) is 2. The van der Waals surface area contributed by atoms with Crippen LogP contribution in [0.2, 0.25) is 0 Å². The van der Waals surface area contributed by atoms with Crippen LogP contribution >= 0.6 is 11.3 Å². The minimum Gasteiger partial charge on any atom is -0.399 e. The van der Waals surface area contributed by atoms with Gasteiger partial charge in [-0.15, -0.1) is 11.3 Å². The van der Waals surface area contributed by atoms with Crippen LogP contribution in [0.15, 0.2) is 30.3 Å². The number of amides is 1. The smallest absolute Gasteiger partial charge is 0.261 e. The maximum Gasteiger partial charge on any atom is 0.261 e. The Bertz CT molecular complexity index is 633. The zero-order chi connectivity index (χ0) is 13.4. The second-order valence-corrected chi connectivity index (χ2v) is 6.22. The number of nitrogens with two attached hydrogens (primary N) is 1. The van der Waals surface area contributed by atoms with Crippen LogP contribution in [0.5, 0.6) is 0 Å². The molecule has 1 unspecified atom stereocenters. The lowest BCUT2D eigenvalue weighted by Gasteiger charge is -2.13. The normalized spacial score (nSPS) is 17.2. The van der Waals surface area contributed by atoms with E-state index in [4.69, 9.17) is 5.73 Å². The lowest BCUT2D eigenvalue weighted by Crippen LogP contribution is -2.26. The van der Waals surface area contributed by atoms with E-state index in [0.29, 0.717) is 0 Å². The second-order valence-electron chi connectivity index (χ2n) is 4.93. The van der Waals surface area contributed by atoms with Crippen molar-refractivity contribution in [3.05, 3.63) is 51.2 Å². The summed E-state index contributed by atoms with van der Waals surface area (Å²) >= 11 is 1.53. The molecule has 98 valence electrons. The Balaban J connectivity index is 1.78. The summed E-state index contributed by atoms with van der Waals surface area (Å²) in [6.07, 6.45) is 1.93. The van der Waals surface area contributed by atoms with Crippen molar-refractivity contribution in [2.24, 2.45) is 0 Å². The minimum atomic E-state index is 0.0211. The third-order valence-electron chi connectivity index (χ3n) is 3.51. The van der Waals surface area contributed by atoms with Crippen LogP contribution in [0, 0.1) is 6.92 Å². The van der Waals surface area contributed by atoms with Crippen LogP contribution in [0.3, 0.4) is 0 Å². The first-order valence-corrected chi connectivity index (χ1v) is 7.21. The first-order valence-electron chi connectivity index (χ1n) is 6.39. The van der Waals surface area contributed by atoms with Gasteiger partial charge >= 0.3 is 0 Å². The number of thiophene rings is 1. The summed E-state index contributed by atoms with van der Waals surface area (Å²) in [5.41, 5.74) is 9.04. The van der Waals surface area contributed by atoms with Gasteiger partial charge in [0, 0.05) is 10.6 Å². The van der Waals surface area contributed by atoms with Gasteiger partial charge in [0.25, 0.3) is 5.91 Å². The van der Waals surface area contributed by atoms with Crippen LogP contribution in [-0.4, -0.2) is 5.91 Å². The fourth-order valence-corrected chi connectivity index (χ4v) is 3.34. The SMILES string of the molecule is Cc1ccc(C(=O)NC2CCc3cc(N)ccc32)s1. The minimum absolute atomic E-state index is 0.0211. The van der Waals surface area contributed by atoms with Crippen molar-refractivity contribution in [1.82, 2.24) is 5.32 Å². The maximum atomic E-state index is 12.2. The molecule has 0 fully saturated rings. The Hall–Kier alpha value is -1.81. The van der Waals surface area contributed by atoms with E-state index in [0.717, 1.165) is 28.3 Å². The highest BCUT2D eigenvalue weighted by atomic mass is 32.1. The molecule has 3 N–H and O–H groups in total. The summed E-state index contributed by atoms with van der Waals surface area (Å²) in [5.74, 6) is 0.0211. The molecule has 4 heteroatoms. The third kappa shape index (κ3) is 2.36. The molecule has 1 heterocycles. The van der Waals surface area contributed by atoms with E-state index in [1.807, 2.05) is 37.3 Å². The molecule has 3 nitrogen and oxygen atoms in total. The summed E-state index contributed by atoms with van der Waals surface area (Å²) in [7, 11) is 0. The van der Waals surface area contributed by atoms with Crippen LogP contribution in [0.1, 0.15) is 38.1 Å². The highest BCUT2D eigenvalue weighted by Crippen LogP contribution is 2.32. The van der Waals surface area contributed by atoms with Crippen molar-refractivity contribution >= 4 is 22.9 Å². The molecule has 3 rings (SSSR count). The Labute approximate surface area is 116 Å². The lowest BCUT2D eigenvalue weighted by molar-refractivity contribution is 0.0941. The monoisotopic (exact) mass is 272 g/mol. The maximum absolute atomic E-state index is 12.2. The number of hydrogen-bond acceptors (Lipinski definition) is 3. The quantitative estimate of drug-likeness (QED) is 0.826. The lowest BCUT2D eigenvalue weighted by atomic mass is 10.1. The predicted octanol–water partition coefficient (Wildman–Crippen LogP) is 3.06. The number of carbonyl (C=O) groups is 1. The molecule has 0 bridgehead atoms. The molecule has 1 aliphatic rings. The number of fused-ring (bicyclic) bond motifs is 1. The van der Waals surface area contributed by atoms with Crippen molar-refractivity contribution in [2.75, 3.05) is 5.73 Å². The average molecular weight is 272 g/mol. The number of benzene rings is 1. The third-order valence-corrected chi connectivity index (χ3v) is 4.51. The summed E-state index contributed by atoms with van der Waals surface area (Å²) in [6, 6.07) is 9.92. The molecule has 0 aliphatic heterocycles. The molecule has 0 saturated heterocycles. The Morgan fingerprint density at radius 1 is 1.37 bits per heavy atom. The van der Waals surface area contributed by atoms with Crippen LogP contribution < -0.4 is 11.1 Å². The zero-order valence-electron chi connectivity index (χ0n) is 10.8. The summed E-state index contributed by atoms with van der Waals surface area (Å²) in [4.78, 5) is 14.1. The van der Waals surface area contributed by atoms with E-state index >= 15 is 0 Å². The van der Waals surface area contributed by atoms with Crippen molar-refractivity contribution < 1.29 is 4.79 Å². The highest BCUT2D eigenvalue weighted by Gasteiger charge is 2.24. The molecule has 2 aromatic rings. The van der Waals surface area contributed by atoms with Crippen LogP contribution in [-0.2, 0) is 6.42 Å². The number of aryl methyl sites for hydroxylation is 2. The van der Waals surface area contributed by atoms with Gasteiger partial charge in [0.1, 0.15) is 0 Å². The first kappa shape index (κ1) is 12.2. The van der Waals surface area contributed by atoms with Crippen LogP contribution in [0.25, 0.3) is 0 Å². The zero-order valence-corrected chi connectivity index (χ0v) is 11.6. The molecular weight excluding hydrogens is 256 g/mol. The van der Waals surface area contributed by atoms with E-state index in [1.165, 1.54) is 22.5 Å². The fraction of sp³-hybridized carbons (Fsp3) is 0.267. The van der Waals surface area contributed by atoms with Crippen molar-refractivity contribution in [1.29, 1.82) is 0 Å². The number of nitrogens with one attached hydrogen (secondary N) is 1. The topological polar surface area (TPSA) is 55.1 Å². The molecule has 1 aromatic heterocycles. The number of nitrogen functional groups attached to an aromatic ring is 1. The highest BCUT2D eigenvalue weighted by molar-refractivity contribution is 7.13. The van der Waals surface area contributed by atoms with Gasteiger partial charge in [0.2, 0.25) is 0 Å². The molecule has 0 saturated carbocycles. The van der Waals surface area contributed by atoms with Gasteiger partial charge in [-0.05, 0) is 55.2 Å². The number of anilines is 1. The summed E-state index contributed by atoms with van der Waals surface area (Å²) in [6.45, 7) is 2.01. The second kappa shape index (κ2) is 4.70. The van der Waals surface area contributed by atoms with E-state index in [-0.39, 0.29) is 11.9 Å². The number of rotatable bonds is 2. The number of carbonyl (C=O) groups excluding carboxylic acids is 1. The Kier molecular flexibility index (Phi) is 3.03. The molecule has 19 heavy (non-hydrogen) atoms. The first-order chi connectivity index (χ1) is 9.13. The van der Waals surface area contributed by atoms with Gasteiger partial charge in [-0.1, -0.05) is 6.07 Å². The standard InChI is InChI=1S/C15H16N2OS/c1-9-2-7-14(19-9)15(18)17-13-6-3-10-8-11(16)4-5-12(10)13/h2,4-5,7-8,13H,3,6,16H2,1H3,(H,17,18). The van der Waals surface area contributed by atoms with E-state index < -0.39 is 0 Å².